The van der Waals surface area contributed by atoms with Gasteiger partial charge < -0.3 is 10.2 Å². The van der Waals surface area contributed by atoms with E-state index in [1.165, 1.54) is 12.1 Å². The Balaban J connectivity index is 1.39. The third kappa shape index (κ3) is 5.46. The number of benzene rings is 3. The molecule has 3 aromatic carbocycles. The SMILES string of the molecule is Cc1ccc(NS(=O)(=O)c2ccc(NC(=O)c3ccc(CN4CCCC4=O)cc3)cc2)c(C)c1. The van der Waals surface area contributed by atoms with Crippen LogP contribution in [0.4, 0.5) is 11.4 Å². The van der Waals surface area contributed by atoms with E-state index in [-0.39, 0.29) is 16.7 Å². The molecule has 1 aliphatic heterocycles. The molecule has 176 valence electrons. The number of carbonyl (C=O) groups is 2. The Labute approximate surface area is 199 Å². The summed E-state index contributed by atoms with van der Waals surface area (Å²) >= 11 is 0. The van der Waals surface area contributed by atoms with E-state index in [0.29, 0.717) is 29.9 Å². The van der Waals surface area contributed by atoms with E-state index in [9.17, 15) is 18.0 Å². The van der Waals surface area contributed by atoms with E-state index < -0.39 is 10.0 Å². The van der Waals surface area contributed by atoms with Gasteiger partial charge in [0, 0.05) is 30.8 Å². The molecule has 0 atom stereocenters. The lowest BCUT2D eigenvalue weighted by Gasteiger charge is -2.15. The fourth-order valence-corrected chi connectivity index (χ4v) is 5.04. The van der Waals surface area contributed by atoms with Gasteiger partial charge in [0.15, 0.2) is 0 Å². The van der Waals surface area contributed by atoms with Crippen LogP contribution in [-0.2, 0) is 21.4 Å². The predicted octanol–water partition coefficient (Wildman–Crippen LogP) is 4.48. The monoisotopic (exact) mass is 477 g/mol. The van der Waals surface area contributed by atoms with Gasteiger partial charge >= 0.3 is 0 Å². The van der Waals surface area contributed by atoms with Crippen LogP contribution in [0.15, 0.2) is 71.6 Å². The molecule has 2 amide bonds. The van der Waals surface area contributed by atoms with Crippen LogP contribution < -0.4 is 10.0 Å². The summed E-state index contributed by atoms with van der Waals surface area (Å²) in [6.45, 7) is 5.12. The molecular formula is C26H27N3O4S. The fraction of sp³-hybridized carbons (Fsp3) is 0.231. The molecular weight excluding hydrogens is 450 g/mol. The van der Waals surface area contributed by atoms with E-state index in [1.807, 2.05) is 43.0 Å². The van der Waals surface area contributed by atoms with Crippen molar-refractivity contribution < 1.29 is 18.0 Å². The molecule has 0 aromatic heterocycles. The lowest BCUT2D eigenvalue weighted by atomic mass is 10.1. The number of hydrogen-bond acceptors (Lipinski definition) is 4. The Hall–Kier alpha value is -3.65. The molecule has 0 bridgehead atoms. The van der Waals surface area contributed by atoms with Gasteiger partial charge in [-0.05, 0) is 73.9 Å². The van der Waals surface area contributed by atoms with Gasteiger partial charge in [-0.2, -0.15) is 0 Å². The number of amides is 2. The van der Waals surface area contributed by atoms with Crippen molar-refractivity contribution in [2.75, 3.05) is 16.6 Å². The summed E-state index contributed by atoms with van der Waals surface area (Å²) in [4.78, 5) is 26.3. The summed E-state index contributed by atoms with van der Waals surface area (Å²) in [5.41, 5.74) is 4.35. The molecule has 3 aromatic rings. The van der Waals surface area contributed by atoms with E-state index >= 15 is 0 Å². The number of nitrogens with one attached hydrogen (secondary N) is 2. The minimum Gasteiger partial charge on any atom is -0.338 e. The largest absolute Gasteiger partial charge is 0.338 e. The first-order chi connectivity index (χ1) is 16.2. The number of anilines is 2. The standard InChI is InChI=1S/C26H27N3O4S/c1-18-5-14-24(19(2)16-18)28-34(32,33)23-12-10-22(11-13-23)27-26(31)21-8-6-20(7-9-21)17-29-15-3-4-25(29)30/h5-14,16,28H,3-4,15,17H2,1-2H3,(H,27,31). The van der Waals surface area contributed by atoms with E-state index in [2.05, 4.69) is 10.0 Å². The van der Waals surface area contributed by atoms with Gasteiger partial charge in [-0.1, -0.05) is 29.8 Å². The summed E-state index contributed by atoms with van der Waals surface area (Å²) in [7, 11) is -3.76. The Kier molecular flexibility index (Phi) is 6.70. The van der Waals surface area contributed by atoms with Crippen molar-refractivity contribution in [3.8, 4) is 0 Å². The molecule has 7 nitrogen and oxygen atoms in total. The molecule has 1 saturated heterocycles. The number of aryl methyl sites for hydroxylation is 2. The second-order valence-corrected chi connectivity index (χ2v) is 10.2. The van der Waals surface area contributed by atoms with Crippen LogP contribution in [0, 0.1) is 13.8 Å². The lowest BCUT2D eigenvalue weighted by molar-refractivity contribution is -0.128. The van der Waals surface area contributed by atoms with Crippen LogP contribution in [0.2, 0.25) is 0 Å². The minimum absolute atomic E-state index is 0.103. The van der Waals surface area contributed by atoms with Gasteiger partial charge in [0.25, 0.3) is 15.9 Å². The van der Waals surface area contributed by atoms with Crippen LogP contribution in [0.5, 0.6) is 0 Å². The summed E-state index contributed by atoms with van der Waals surface area (Å²) in [5, 5.41) is 2.78. The Morgan fingerprint density at radius 1 is 0.971 bits per heavy atom. The second-order valence-electron chi connectivity index (χ2n) is 8.52. The summed E-state index contributed by atoms with van der Waals surface area (Å²) < 4.78 is 28.1. The third-order valence-corrected chi connectivity index (χ3v) is 7.19. The van der Waals surface area contributed by atoms with Gasteiger partial charge in [-0.3, -0.25) is 14.3 Å². The molecule has 0 spiro atoms. The highest BCUT2D eigenvalue weighted by molar-refractivity contribution is 7.92. The number of nitrogens with zero attached hydrogens (tertiary/aromatic N) is 1. The van der Waals surface area contributed by atoms with Gasteiger partial charge in [0.1, 0.15) is 0 Å². The number of carbonyl (C=O) groups excluding carboxylic acids is 2. The zero-order valence-electron chi connectivity index (χ0n) is 19.2. The summed E-state index contributed by atoms with van der Waals surface area (Å²) in [6.07, 6.45) is 1.49. The van der Waals surface area contributed by atoms with Crippen molar-refractivity contribution in [3.63, 3.8) is 0 Å². The first-order valence-electron chi connectivity index (χ1n) is 11.1. The Bertz CT molecular complexity index is 1320. The molecule has 0 radical (unpaired) electrons. The van der Waals surface area contributed by atoms with E-state index in [1.54, 1.807) is 30.3 Å². The first-order valence-corrected chi connectivity index (χ1v) is 12.6. The molecule has 2 N–H and O–H groups in total. The zero-order valence-corrected chi connectivity index (χ0v) is 20.0. The van der Waals surface area contributed by atoms with Crippen LogP contribution in [0.25, 0.3) is 0 Å². The van der Waals surface area contributed by atoms with Gasteiger partial charge in [0.05, 0.1) is 10.6 Å². The van der Waals surface area contributed by atoms with E-state index in [0.717, 1.165) is 29.7 Å². The zero-order chi connectivity index (χ0) is 24.3. The van der Waals surface area contributed by atoms with Gasteiger partial charge in [0.2, 0.25) is 5.91 Å². The minimum atomic E-state index is -3.76. The lowest BCUT2D eigenvalue weighted by Crippen LogP contribution is -2.23. The maximum atomic E-state index is 12.7. The number of hydrogen-bond donors (Lipinski definition) is 2. The van der Waals surface area contributed by atoms with Crippen molar-refractivity contribution in [1.29, 1.82) is 0 Å². The first kappa shape index (κ1) is 23.5. The van der Waals surface area contributed by atoms with Gasteiger partial charge in [-0.15, -0.1) is 0 Å². The van der Waals surface area contributed by atoms with E-state index in [4.69, 9.17) is 0 Å². The molecule has 1 aliphatic rings. The molecule has 0 aliphatic carbocycles. The second kappa shape index (κ2) is 9.69. The van der Waals surface area contributed by atoms with Crippen molar-refractivity contribution in [3.05, 3.63) is 89.0 Å². The van der Waals surface area contributed by atoms with Crippen molar-refractivity contribution in [2.45, 2.75) is 38.1 Å². The third-order valence-electron chi connectivity index (χ3n) is 5.81. The number of sulfonamides is 1. The van der Waals surface area contributed by atoms with Crippen LogP contribution in [0.1, 0.15) is 39.9 Å². The van der Waals surface area contributed by atoms with Gasteiger partial charge in [-0.25, -0.2) is 8.42 Å². The van der Waals surface area contributed by atoms with Crippen LogP contribution >= 0.6 is 0 Å². The Morgan fingerprint density at radius 3 is 2.29 bits per heavy atom. The number of rotatable bonds is 7. The molecule has 1 fully saturated rings. The molecule has 0 saturated carbocycles. The number of likely N-dealkylation sites (tertiary alicyclic amines) is 1. The molecule has 1 heterocycles. The Morgan fingerprint density at radius 2 is 1.68 bits per heavy atom. The molecule has 34 heavy (non-hydrogen) atoms. The average molecular weight is 478 g/mol. The summed E-state index contributed by atoms with van der Waals surface area (Å²) in [6, 6.07) is 18.7. The smallest absolute Gasteiger partial charge is 0.261 e. The maximum absolute atomic E-state index is 12.7. The maximum Gasteiger partial charge on any atom is 0.261 e. The molecule has 8 heteroatoms. The molecule has 4 rings (SSSR count). The highest BCUT2D eigenvalue weighted by Gasteiger charge is 2.20. The quantitative estimate of drug-likeness (QED) is 0.525. The predicted molar refractivity (Wildman–Crippen MR) is 132 cm³/mol. The fourth-order valence-electron chi connectivity index (χ4n) is 3.91. The average Bonchev–Trinajstić information content (AvgIpc) is 3.21. The van der Waals surface area contributed by atoms with Crippen molar-refractivity contribution in [2.24, 2.45) is 0 Å². The van der Waals surface area contributed by atoms with Crippen molar-refractivity contribution in [1.82, 2.24) is 4.90 Å². The highest BCUT2D eigenvalue weighted by Crippen LogP contribution is 2.22. The summed E-state index contributed by atoms with van der Waals surface area (Å²) in [5.74, 6) is -0.135. The van der Waals surface area contributed by atoms with Crippen molar-refractivity contribution >= 4 is 33.2 Å². The van der Waals surface area contributed by atoms with Crippen LogP contribution in [-0.4, -0.2) is 31.7 Å². The molecule has 0 unspecified atom stereocenters. The van der Waals surface area contributed by atoms with Crippen LogP contribution in [0.3, 0.4) is 0 Å². The topological polar surface area (TPSA) is 95.6 Å². The highest BCUT2D eigenvalue weighted by atomic mass is 32.2. The normalized spacial score (nSPS) is 13.7.